The highest BCUT2D eigenvalue weighted by atomic mass is 32.1. The number of nitrogens with zero attached hydrogens (tertiary/aromatic N) is 4. The summed E-state index contributed by atoms with van der Waals surface area (Å²) in [7, 11) is 0. The average Bonchev–Trinajstić information content (AvgIpc) is 3.48. The first kappa shape index (κ1) is 16.2. The van der Waals surface area contributed by atoms with Crippen molar-refractivity contribution in [3.63, 3.8) is 0 Å². The normalized spacial score (nSPS) is 22.4. The van der Waals surface area contributed by atoms with Crippen molar-refractivity contribution in [2.24, 2.45) is 5.92 Å². The van der Waals surface area contributed by atoms with Crippen LogP contribution in [-0.4, -0.2) is 25.5 Å². The van der Waals surface area contributed by atoms with Crippen LogP contribution in [0.4, 0.5) is 0 Å². The van der Waals surface area contributed by atoms with Crippen LogP contribution in [0.2, 0.25) is 0 Å². The summed E-state index contributed by atoms with van der Waals surface area (Å²) < 4.78 is 7.48. The Morgan fingerprint density at radius 1 is 1.35 bits per heavy atom. The van der Waals surface area contributed by atoms with Gasteiger partial charge >= 0.3 is 0 Å². The van der Waals surface area contributed by atoms with Gasteiger partial charge in [0.05, 0.1) is 12.2 Å². The first-order valence-electron chi connectivity index (χ1n) is 9.26. The molecule has 5 rings (SSSR count). The number of hydrogen-bond acceptors (Lipinski definition) is 6. The van der Waals surface area contributed by atoms with E-state index in [1.54, 1.807) is 6.07 Å². The van der Waals surface area contributed by atoms with Crippen LogP contribution < -0.4 is 5.56 Å². The molecule has 2 aliphatic rings. The molecule has 2 atom stereocenters. The van der Waals surface area contributed by atoms with Gasteiger partial charge in [-0.1, -0.05) is 18.3 Å². The number of aromatic nitrogens is 3. The van der Waals surface area contributed by atoms with Crippen molar-refractivity contribution in [3.05, 3.63) is 50.8 Å². The van der Waals surface area contributed by atoms with Gasteiger partial charge in [0.1, 0.15) is 16.5 Å². The van der Waals surface area contributed by atoms with Crippen LogP contribution in [0, 0.1) is 12.8 Å². The summed E-state index contributed by atoms with van der Waals surface area (Å²) in [5.41, 5.74) is 0.709. The van der Waals surface area contributed by atoms with E-state index in [2.05, 4.69) is 34.0 Å². The third-order valence-corrected chi connectivity index (χ3v) is 6.17. The molecule has 26 heavy (non-hydrogen) atoms. The molecule has 0 aliphatic heterocycles. The van der Waals surface area contributed by atoms with Gasteiger partial charge < -0.3 is 4.42 Å². The highest BCUT2D eigenvalue weighted by Gasteiger charge is 2.37. The molecule has 0 aromatic carbocycles. The van der Waals surface area contributed by atoms with Gasteiger partial charge in [-0.15, -0.1) is 0 Å². The molecule has 2 unspecified atom stereocenters. The summed E-state index contributed by atoms with van der Waals surface area (Å²) in [5.74, 6) is 3.50. The number of fused-ring (bicyclic) bond motifs is 1. The maximum absolute atomic E-state index is 12.3. The van der Waals surface area contributed by atoms with E-state index in [9.17, 15) is 4.79 Å². The second kappa shape index (κ2) is 6.03. The molecule has 0 radical (unpaired) electrons. The van der Waals surface area contributed by atoms with Gasteiger partial charge in [0, 0.05) is 24.6 Å². The lowest BCUT2D eigenvalue weighted by Gasteiger charge is -2.20. The van der Waals surface area contributed by atoms with Gasteiger partial charge in [-0.05, 0) is 44.2 Å². The molecule has 2 aliphatic carbocycles. The Morgan fingerprint density at radius 2 is 2.15 bits per heavy atom. The van der Waals surface area contributed by atoms with Crippen LogP contribution in [0.25, 0.3) is 4.96 Å². The Kier molecular flexibility index (Phi) is 3.76. The lowest BCUT2D eigenvalue weighted by Crippen LogP contribution is -2.27. The fraction of sp³-hybridized carbons (Fsp3) is 0.526. The van der Waals surface area contributed by atoms with Gasteiger partial charge in [-0.3, -0.25) is 9.69 Å². The highest BCUT2D eigenvalue weighted by molar-refractivity contribution is 7.16. The Hall–Kier alpha value is -1.99. The predicted octanol–water partition coefficient (Wildman–Crippen LogP) is 3.34. The second-order valence-corrected chi connectivity index (χ2v) is 8.82. The number of furan rings is 1. The lowest BCUT2D eigenvalue weighted by molar-refractivity contribution is 0.220. The van der Waals surface area contributed by atoms with Crippen molar-refractivity contribution in [2.75, 3.05) is 0 Å². The molecule has 3 aromatic rings. The first-order chi connectivity index (χ1) is 12.6. The molecule has 2 fully saturated rings. The summed E-state index contributed by atoms with van der Waals surface area (Å²) in [6, 6.07) is 6.41. The number of aryl methyl sites for hydroxylation is 1. The Balaban J connectivity index is 1.36. The fourth-order valence-electron chi connectivity index (χ4n) is 3.59. The largest absolute Gasteiger partial charge is 0.464 e. The summed E-state index contributed by atoms with van der Waals surface area (Å²) >= 11 is 1.45. The van der Waals surface area contributed by atoms with E-state index in [0.29, 0.717) is 23.5 Å². The van der Waals surface area contributed by atoms with Crippen LogP contribution in [0.5, 0.6) is 0 Å². The van der Waals surface area contributed by atoms with Gasteiger partial charge in [-0.2, -0.15) is 9.61 Å². The summed E-state index contributed by atoms with van der Waals surface area (Å²) in [4.78, 5) is 20.0. The van der Waals surface area contributed by atoms with E-state index in [-0.39, 0.29) is 5.56 Å². The number of rotatable bonds is 6. The third kappa shape index (κ3) is 3.10. The van der Waals surface area contributed by atoms with E-state index < -0.39 is 0 Å². The molecule has 136 valence electrons. The summed E-state index contributed by atoms with van der Waals surface area (Å²) in [6.07, 6.45) is 3.64. The molecule has 3 aromatic heterocycles. The molecule has 0 bridgehead atoms. The van der Waals surface area contributed by atoms with Crippen LogP contribution >= 0.6 is 11.3 Å². The van der Waals surface area contributed by atoms with Gasteiger partial charge in [0.15, 0.2) is 0 Å². The topological polar surface area (TPSA) is 63.6 Å². The Morgan fingerprint density at radius 3 is 2.88 bits per heavy atom. The molecule has 3 heterocycles. The van der Waals surface area contributed by atoms with E-state index in [1.165, 1.54) is 35.1 Å². The standard InChI is InChI=1S/C19H22N4O2S/c1-11-7-16(11)17-6-5-15(25-17)10-22(14-3-4-14)9-13-8-18(24)23-19(20-13)26-12(2)21-23/h5-6,8,11,14,16H,3-4,7,9-10H2,1-2H3. The van der Waals surface area contributed by atoms with Crippen LogP contribution in [0.3, 0.4) is 0 Å². The second-order valence-electron chi connectivity index (χ2n) is 7.66. The summed E-state index contributed by atoms with van der Waals surface area (Å²) in [6.45, 7) is 5.60. The third-order valence-electron chi connectivity index (χ3n) is 5.34. The molecular weight excluding hydrogens is 348 g/mol. The van der Waals surface area contributed by atoms with Crippen molar-refractivity contribution < 1.29 is 4.42 Å². The summed E-state index contributed by atoms with van der Waals surface area (Å²) in [5, 5.41) is 5.06. The molecule has 6 nitrogen and oxygen atoms in total. The van der Waals surface area contributed by atoms with Crippen molar-refractivity contribution in [1.29, 1.82) is 0 Å². The monoisotopic (exact) mass is 370 g/mol. The van der Waals surface area contributed by atoms with Crippen molar-refractivity contribution in [2.45, 2.75) is 58.2 Å². The Labute approximate surface area is 155 Å². The first-order valence-corrected chi connectivity index (χ1v) is 10.1. The zero-order valence-corrected chi connectivity index (χ0v) is 15.8. The molecule has 0 spiro atoms. The van der Waals surface area contributed by atoms with Gasteiger partial charge in [0.2, 0.25) is 4.96 Å². The Bertz CT molecular complexity index is 1020. The van der Waals surface area contributed by atoms with E-state index in [0.717, 1.165) is 34.7 Å². The van der Waals surface area contributed by atoms with E-state index in [1.807, 2.05) is 6.92 Å². The fourth-order valence-corrected chi connectivity index (χ4v) is 4.36. The molecule has 2 saturated carbocycles. The number of hydrogen-bond donors (Lipinski definition) is 0. The molecule has 0 saturated heterocycles. The van der Waals surface area contributed by atoms with Gasteiger partial charge in [0.25, 0.3) is 5.56 Å². The SMILES string of the molecule is Cc1nn2c(=O)cc(CN(Cc3ccc(C4CC4C)o3)C3CC3)nc2s1. The maximum Gasteiger partial charge on any atom is 0.275 e. The molecule has 0 amide bonds. The van der Waals surface area contributed by atoms with E-state index >= 15 is 0 Å². The maximum atomic E-state index is 12.3. The van der Waals surface area contributed by atoms with Crippen LogP contribution in [0.15, 0.2) is 27.4 Å². The quantitative estimate of drug-likeness (QED) is 0.666. The van der Waals surface area contributed by atoms with Gasteiger partial charge in [-0.25, -0.2) is 4.98 Å². The van der Waals surface area contributed by atoms with E-state index in [4.69, 9.17) is 4.42 Å². The minimum absolute atomic E-state index is 0.104. The zero-order valence-electron chi connectivity index (χ0n) is 15.0. The highest BCUT2D eigenvalue weighted by Crippen LogP contribution is 2.47. The van der Waals surface area contributed by atoms with Crippen molar-refractivity contribution in [1.82, 2.24) is 19.5 Å². The molecule has 0 N–H and O–H groups in total. The van der Waals surface area contributed by atoms with Crippen molar-refractivity contribution >= 4 is 16.3 Å². The van der Waals surface area contributed by atoms with Crippen LogP contribution in [-0.2, 0) is 13.1 Å². The minimum Gasteiger partial charge on any atom is -0.464 e. The average molecular weight is 370 g/mol. The predicted molar refractivity (Wildman–Crippen MR) is 99.4 cm³/mol. The smallest absolute Gasteiger partial charge is 0.275 e. The van der Waals surface area contributed by atoms with Crippen molar-refractivity contribution in [3.8, 4) is 0 Å². The minimum atomic E-state index is -0.104. The lowest BCUT2D eigenvalue weighted by atomic mass is 10.3. The molecule has 7 heteroatoms. The molecular formula is C19H22N4O2S. The zero-order chi connectivity index (χ0) is 17.8. The van der Waals surface area contributed by atoms with Crippen LogP contribution in [0.1, 0.15) is 54.3 Å².